The maximum absolute atomic E-state index is 10.2. The molecule has 1 radical (unpaired) electrons. The van der Waals surface area contributed by atoms with Gasteiger partial charge in [-0.05, 0) is 0 Å². The second-order valence-electron chi connectivity index (χ2n) is 0.863. The molecule has 0 spiro atoms. The number of nitrogens with one attached hydrogen (secondary N) is 1. The zero-order valence-electron chi connectivity index (χ0n) is 4.17. The van der Waals surface area contributed by atoms with Crippen LogP contribution in [0, 0.1) is 0 Å². The quantitative estimate of drug-likeness (QED) is 0.508. The van der Waals surface area contributed by atoms with Crippen LogP contribution in [0.15, 0.2) is 0 Å². The lowest BCUT2D eigenvalue weighted by molar-refractivity contribution is 0.275. The van der Waals surface area contributed by atoms with Crippen LogP contribution in [0.2, 0.25) is 0 Å². The van der Waals surface area contributed by atoms with E-state index >= 15 is 0 Å². The summed E-state index contributed by atoms with van der Waals surface area (Å²) in [6, 6.07) is 0. The third-order valence-electron chi connectivity index (χ3n) is 0.481. The van der Waals surface area contributed by atoms with Crippen LogP contribution >= 0.6 is 7.75 Å². The van der Waals surface area contributed by atoms with Crippen LogP contribution in [-0.2, 0) is 13.6 Å². The molecule has 0 heterocycles. The normalized spacial score (nSPS) is 11.9. The van der Waals surface area contributed by atoms with E-state index in [1.807, 2.05) is 0 Å². The SMILES string of the molecule is COP([NH])(=O)OC. The average molecular weight is 124 g/mol. The molecule has 7 heavy (non-hydrogen) atoms. The Morgan fingerprint density at radius 1 is 1.43 bits per heavy atom. The number of hydrogen-bond acceptors (Lipinski definition) is 3. The highest BCUT2D eigenvalue weighted by atomic mass is 31.2. The summed E-state index contributed by atoms with van der Waals surface area (Å²) < 4.78 is 18.3. The van der Waals surface area contributed by atoms with Gasteiger partial charge in [0.25, 0.3) is 0 Å². The Balaban J connectivity index is 3.61. The standard InChI is InChI=1S/C2H7NO3P/c1-5-7(3,4)6-2/h3H,1-2H3. The fourth-order valence-corrected chi connectivity index (χ4v) is 0.224. The van der Waals surface area contributed by atoms with Crippen LogP contribution in [0.4, 0.5) is 0 Å². The van der Waals surface area contributed by atoms with Crippen LogP contribution < -0.4 is 5.50 Å². The summed E-state index contributed by atoms with van der Waals surface area (Å²) in [6.07, 6.45) is 0. The predicted octanol–water partition coefficient (Wildman–Crippen LogP) is 0.670. The first-order valence-electron chi connectivity index (χ1n) is 1.59. The highest BCUT2D eigenvalue weighted by Crippen LogP contribution is 2.38. The molecule has 0 aromatic rings. The molecule has 43 valence electrons. The molecule has 0 saturated carbocycles. The maximum atomic E-state index is 10.2. The van der Waals surface area contributed by atoms with Gasteiger partial charge in [-0.2, -0.15) is 0 Å². The van der Waals surface area contributed by atoms with Crippen LogP contribution in [0.1, 0.15) is 0 Å². The van der Waals surface area contributed by atoms with Gasteiger partial charge in [-0.15, -0.1) is 5.50 Å². The molecule has 0 unspecified atom stereocenters. The largest absolute Gasteiger partial charge is 0.418 e. The molecule has 5 heteroatoms. The highest BCUT2D eigenvalue weighted by Gasteiger charge is 2.11. The Hall–Kier alpha value is 0.110. The Morgan fingerprint density at radius 3 is 1.71 bits per heavy atom. The minimum absolute atomic E-state index is 1.16. The van der Waals surface area contributed by atoms with Crippen molar-refractivity contribution in [2.24, 2.45) is 0 Å². The summed E-state index contributed by atoms with van der Waals surface area (Å²) in [7, 11) is -1.08. The molecular formula is C2H7NO3P. The Bertz CT molecular complexity index is 84.9. The summed E-state index contributed by atoms with van der Waals surface area (Å²) in [5.74, 6) is 0. The van der Waals surface area contributed by atoms with Crippen molar-refractivity contribution in [3.63, 3.8) is 0 Å². The van der Waals surface area contributed by atoms with E-state index < -0.39 is 7.75 Å². The predicted molar refractivity (Wildman–Crippen MR) is 24.7 cm³/mol. The van der Waals surface area contributed by atoms with E-state index in [1.54, 1.807) is 0 Å². The van der Waals surface area contributed by atoms with E-state index in [-0.39, 0.29) is 0 Å². The molecule has 0 fully saturated rings. The lowest BCUT2D eigenvalue weighted by atomic mass is 11.8. The Labute approximate surface area is 42.2 Å². The molecule has 0 saturated heterocycles. The van der Waals surface area contributed by atoms with Crippen LogP contribution in [0.5, 0.6) is 0 Å². The second kappa shape index (κ2) is 2.43. The molecular weight excluding hydrogens is 117 g/mol. The summed E-state index contributed by atoms with van der Waals surface area (Å²) in [5.41, 5.74) is 6.53. The molecule has 0 amide bonds. The molecule has 0 bridgehead atoms. The van der Waals surface area contributed by atoms with Gasteiger partial charge >= 0.3 is 7.75 Å². The van der Waals surface area contributed by atoms with Gasteiger partial charge in [0.05, 0.1) is 0 Å². The van der Waals surface area contributed by atoms with E-state index in [4.69, 9.17) is 5.50 Å². The summed E-state index contributed by atoms with van der Waals surface area (Å²) in [4.78, 5) is 0. The molecule has 0 rings (SSSR count). The third-order valence-corrected chi connectivity index (χ3v) is 1.44. The van der Waals surface area contributed by atoms with Gasteiger partial charge in [-0.3, -0.25) is 9.05 Å². The van der Waals surface area contributed by atoms with Gasteiger partial charge in [0.15, 0.2) is 0 Å². The fraction of sp³-hybridized carbons (Fsp3) is 1.00. The maximum Gasteiger partial charge on any atom is 0.418 e. The smallest absolute Gasteiger partial charge is 0.299 e. The van der Waals surface area contributed by atoms with E-state index in [0.29, 0.717) is 0 Å². The topological polar surface area (TPSA) is 59.3 Å². The van der Waals surface area contributed by atoms with E-state index in [0.717, 1.165) is 14.2 Å². The van der Waals surface area contributed by atoms with E-state index in [9.17, 15) is 4.57 Å². The van der Waals surface area contributed by atoms with Crippen LogP contribution in [-0.4, -0.2) is 14.2 Å². The lowest BCUT2D eigenvalue weighted by Crippen LogP contribution is -1.85. The van der Waals surface area contributed by atoms with Crippen molar-refractivity contribution in [3.05, 3.63) is 0 Å². The van der Waals surface area contributed by atoms with Crippen molar-refractivity contribution >= 4 is 7.75 Å². The third kappa shape index (κ3) is 2.76. The average Bonchev–Trinajstić information content (AvgIpc) is 1.68. The zero-order valence-corrected chi connectivity index (χ0v) is 5.07. The summed E-state index contributed by atoms with van der Waals surface area (Å²) in [6.45, 7) is 0. The number of hydrogen-bond donors (Lipinski definition) is 0. The lowest BCUT2D eigenvalue weighted by Gasteiger charge is -2.02. The van der Waals surface area contributed by atoms with Crippen molar-refractivity contribution in [1.29, 1.82) is 0 Å². The fourth-order valence-electron chi connectivity index (χ4n) is 0.0745. The zero-order chi connectivity index (χ0) is 5.91. The molecule has 0 aliphatic carbocycles. The molecule has 0 aliphatic rings. The van der Waals surface area contributed by atoms with Crippen molar-refractivity contribution in [3.8, 4) is 0 Å². The molecule has 0 aromatic heterocycles. The van der Waals surface area contributed by atoms with Crippen molar-refractivity contribution in [1.82, 2.24) is 5.50 Å². The van der Waals surface area contributed by atoms with Crippen molar-refractivity contribution in [2.75, 3.05) is 14.2 Å². The first kappa shape index (κ1) is 7.11. The summed E-state index contributed by atoms with van der Waals surface area (Å²) >= 11 is 0. The number of rotatable bonds is 2. The highest BCUT2D eigenvalue weighted by molar-refractivity contribution is 7.50. The minimum atomic E-state index is -3.40. The van der Waals surface area contributed by atoms with Gasteiger partial charge < -0.3 is 0 Å². The Kier molecular flexibility index (Phi) is 2.46. The van der Waals surface area contributed by atoms with Gasteiger partial charge in [0.2, 0.25) is 0 Å². The van der Waals surface area contributed by atoms with Crippen molar-refractivity contribution in [2.45, 2.75) is 0 Å². The molecule has 0 aromatic carbocycles. The van der Waals surface area contributed by atoms with E-state index in [2.05, 4.69) is 9.05 Å². The molecule has 4 nitrogen and oxygen atoms in total. The van der Waals surface area contributed by atoms with E-state index in [1.165, 1.54) is 0 Å². The molecule has 1 N–H and O–H groups in total. The summed E-state index contributed by atoms with van der Waals surface area (Å²) in [5, 5.41) is 0. The second-order valence-corrected chi connectivity index (χ2v) is 2.59. The first-order valence-corrected chi connectivity index (χ1v) is 3.13. The van der Waals surface area contributed by atoms with Gasteiger partial charge in [0, 0.05) is 14.2 Å². The van der Waals surface area contributed by atoms with Crippen molar-refractivity contribution < 1.29 is 13.6 Å². The molecule has 0 atom stereocenters. The Morgan fingerprint density at radius 2 is 1.71 bits per heavy atom. The van der Waals surface area contributed by atoms with Gasteiger partial charge in [-0.1, -0.05) is 0 Å². The minimum Gasteiger partial charge on any atom is -0.299 e. The van der Waals surface area contributed by atoms with Gasteiger partial charge in [-0.25, -0.2) is 4.57 Å². The van der Waals surface area contributed by atoms with Crippen LogP contribution in [0.25, 0.3) is 0 Å². The van der Waals surface area contributed by atoms with Crippen LogP contribution in [0.3, 0.4) is 0 Å². The first-order chi connectivity index (χ1) is 3.12. The molecule has 0 aliphatic heterocycles. The monoisotopic (exact) mass is 124 g/mol. The van der Waals surface area contributed by atoms with Gasteiger partial charge in [0.1, 0.15) is 0 Å².